The monoisotopic (exact) mass is 273 g/mol. The molecule has 1 aromatic carbocycles. The van der Waals surface area contributed by atoms with Crippen molar-refractivity contribution in [1.29, 1.82) is 0 Å². The SMILES string of the molecule is Cc1ccccc1NCCN1CCCN2CCCC2C1. The van der Waals surface area contributed by atoms with Crippen molar-refractivity contribution in [1.82, 2.24) is 9.80 Å². The smallest absolute Gasteiger partial charge is 0.0370 e. The van der Waals surface area contributed by atoms with E-state index in [0.29, 0.717) is 0 Å². The van der Waals surface area contributed by atoms with E-state index in [2.05, 4.69) is 46.3 Å². The Morgan fingerprint density at radius 1 is 1.15 bits per heavy atom. The van der Waals surface area contributed by atoms with Gasteiger partial charge in [-0.15, -0.1) is 0 Å². The number of fused-ring (bicyclic) bond motifs is 1. The van der Waals surface area contributed by atoms with E-state index < -0.39 is 0 Å². The minimum Gasteiger partial charge on any atom is -0.384 e. The molecule has 1 aromatic rings. The van der Waals surface area contributed by atoms with Crippen LogP contribution in [0.2, 0.25) is 0 Å². The van der Waals surface area contributed by atoms with Crippen LogP contribution >= 0.6 is 0 Å². The van der Waals surface area contributed by atoms with E-state index in [4.69, 9.17) is 0 Å². The first-order valence-corrected chi connectivity index (χ1v) is 8.09. The summed E-state index contributed by atoms with van der Waals surface area (Å²) in [6.45, 7) is 9.57. The number of hydrogen-bond donors (Lipinski definition) is 1. The molecule has 0 aliphatic carbocycles. The average molecular weight is 273 g/mol. The zero-order valence-corrected chi connectivity index (χ0v) is 12.6. The Balaban J connectivity index is 1.47. The van der Waals surface area contributed by atoms with Gasteiger partial charge in [-0.25, -0.2) is 0 Å². The number of rotatable bonds is 4. The van der Waals surface area contributed by atoms with Crippen LogP contribution in [0.15, 0.2) is 24.3 Å². The first-order chi connectivity index (χ1) is 9.83. The van der Waals surface area contributed by atoms with Crippen molar-refractivity contribution in [3.8, 4) is 0 Å². The molecule has 1 N–H and O–H groups in total. The molecule has 3 rings (SSSR count). The fraction of sp³-hybridized carbons (Fsp3) is 0.647. The standard InChI is InChI=1S/C17H27N3/c1-15-6-2-3-8-17(15)18-9-13-19-10-5-12-20-11-4-7-16(20)14-19/h2-3,6,8,16,18H,4-5,7,9-14H2,1H3. The molecule has 0 amide bonds. The maximum atomic E-state index is 3.59. The maximum absolute atomic E-state index is 3.59. The summed E-state index contributed by atoms with van der Waals surface area (Å²) >= 11 is 0. The third-order valence-electron chi connectivity index (χ3n) is 4.78. The molecule has 1 atom stereocenters. The van der Waals surface area contributed by atoms with Crippen LogP contribution < -0.4 is 5.32 Å². The molecule has 0 saturated carbocycles. The van der Waals surface area contributed by atoms with Crippen molar-refractivity contribution in [2.45, 2.75) is 32.2 Å². The van der Waals surface area contributed by atoms with Gasteiger partial charge in [0.2, 0.25) is 0 Å². The average Bonchev–Trinajstić information content (AvgIpc) is 2.79. The molecule has 2 aliphatic heterocycles. The molecule has 0 spiro atoms. The summed E-state index contributed by atoms with van der Waals surface area (Å²) in [5.74, 6) is 0. The van der Waals surface area contributed by atoms with Gasteiger partial charge in [0.05, 0.1) is 0 Å². The largest absolute Gasteiger partial charge is 0.384 e. The van der Waals surface area contributed by atoms with Crippen molar-refractivity contribution < 1.29 is 0 Å². The fourth-order valence-corrected chi connectivity index (χ4v) is 3.61. The number of benzene rings is 1. The lowest BCUT2D eigenvalue weighted by Crippen LogP contribution is -2.38. The Bertz CT molecular complexity index is 432. The van der Waals surface area contributed by atoms with Gasteiger partial charge in [-0.2, -0.15) is 0 Å². The predicted molar refractivity (Wildman–Crippen MR) is 85.3 cm³/mol. The number of para-hydroxylation sites is 1. The fourth-order valence-electron chi connectivity index (χ4n) is 3.61. The van der Waals surface area contributed by atoms with Crippen LogP contribution in [0.1, 0.15) is 24.8 Å². The van der Waals surface area contributed by atoms with Gasteiger partial charge in [-0.3, -0.25) is 9.80 Å². The quantitative estimate of drug-likeness (QED) is 0.909. The predicted octanol–water partition coefficient (Wildman–Crippen LogP) is 2.58. The summed E-state index contributed by atoms with van der Waals surface area (Å²) in [4.78, 5) is 5.36. The maximum Gasteiger partial charge on any atom is 0.0370 e. The molecule has 1 unspecified atom stereocenters. The Kier molecular flexibility index (Phi) is 4.58. The van der Waals surface area contributed by atoms with E-state index >= 15 is 0 Å². The third-order valence-corrected chi connectivity index (χ3v) is 4.78. The molecular weight excluding hydrogens is 246 g/mol. The van der Waals surface area contributed by atoms with Crippen LogP contribution in [0.5, 0.6) is 0 Å². The van der Waals surface area contributed by atoms with E-state index in [1.54, 1.807) is 0 Å². The van der Waals surface area contributed by atoms with E-state index in [9.17, 15) is 0 Å². The molecule has 2 fully saturated rings. The van der Waals surface area contributed by atoms with Crippen molar-refractivity contribution >= 4 is 5.69 Å². The molecule has 3 nitrogen and oxygen atoms in total. The highest BCUT2D eigenvalue weighted by molar-refractivity contribution is 5.50. The van der Waals surface area contributed by atoms with Crippen LogP contribution in [0.25, 0.3) is 0 Å². The Morgan fingerprint density at radius 2 is 2.00 bits per heavy atom. The molecule has 20 heavy (non-hydrogen) atoms. The molecule has 0 aromatic heterocycles. The normalized spacial score (nSPS) is 24.4. The second-order valence-electron chi connectivity index (χ2n) is 6.23. The van der Waals surface area contributed by atoms with Crippen LogP contribution in [0.3, 0.4) is 0 Å². The topological polar surface area (TPSA) is 18.5 Å². The summed E-state index contributed by atoms with van der Waals surface area (Å²) in [7, 11) is 0. The van der Waals surface area contributed by atoms with E-state index in [1.807, 2.05) is 0 Å². The number of nitrogens with one attached hydrogen (secondary N) is 1. The van der Waals surface area contributed by atoms with Gasteiger partial charge in [-0.1, -0.05) is 18.2 Å². The van der Waals surface area contributed by atoms with Crippen LogP contribution in [-0.2, 0) is 0 Å². The number of nitrogens with zero attached hydrogens (tertiary/aromatic N) is 2. The van der Waals surface area contributed by atoms with E-state index in [1.165, 1.54) is 63.2 Å². The summed E-state index contributed by atoms with van der Waals surface area (Å²) in [5.41, 5.74) is 2.62. The minimum absolute atomic E-state index is 0.830. The van der Waals surface area contributed by atoms with Crippen molar-refractivity contribution in [2.75, 3.05) is 44.6 Å². The van der Waals surface area contributed by atoms with Crippen molar-refractivity contribution in [3.05, 3.63) is 29.8 Å². The summed E-state index contributed by atoms with van der Waals surface area (Å²) < 4.78 is 0. The number of aryl methyl sites for hydroxylation is 1. The van der Waals surface area contributed by atoms with E-state index in [0.717, 1.165) is 12.6 Å². The zero-order valence-electron chi connectivity index (χ0n) is 12.6. The molecule has 0 bridgehead atoms. The van der Waals surface area contributed by atoms with Gasteiger partial charge in [0, 0.05) is 31.4 Å². The van der Waals surface area contributed by atoms with Crippen molar-refractivity contribution in [3.63, 3.8) is 0 Å². The molecule has 2 aliphatic rings. The third kappa shape index (κ3) is 3.33. The second kappa shape index (κ2) is 6.59. The van der Waals surface area contributed by atoms with E-state index in [-0.39, 0.29) is 0 Å². The highest BCUT2D eigenvalue weighted by Crippen LogP contribution is 2.21. The van der Waals surface area contributed by atoms with Gasteiger partial charge in [0.15, 0.2) is 0 Å². The molecule has 0 radical (unpaired) electrons. The lowest BCUT2D eigenvalue weighted by Gasteiger charge is -2.25. The Morgan fingerprint density at radius 3 is 2.90 bits per heavy atom. The summed E-state index contributed by atoms with van der Waals surface area (Å²) in [5, 5.41) is 3.59. The highest BCUT2D eigenvalue weighted by atomic mass is 15.3. The van der Waals surface area contributed by atoms with Crippen LogP contribution in [-0.4, -0.2) is 55.1 Å². The number of anilines is 1. The van der Waals surface area contributed by atoms with Crippen LogP contribution in [0.4, 0.5) is 5.69 Å². The second-order valence-corrected chi connectivity index (χ2v) is 6.23. The van der Waals surface area contributed by atoms with Gasteiger partial charge < -0.3 is 5.32 Å². The summed E-state index contributed by atoms with van der Waals surface area (Å²) in [6, 6.07) is 9.39. The van der Waals surface area contributed by atoms with Gasteiger partial charge in [0.25, 0.3) is 0 Å². The Labute approximate surface area is 123 Å². The Hall–Kier alpha value is -1.06. The van der Waals surface area contributed by atoms with Gasteiger partial charge in [-0.05, 0) is 57.5 Å². The zero-order chi connectivity index (χ0) is 13.8. The molecule has 2 heterocycles. The molecular formula is C17H27N3. The first-order valence-electron chi connectivity index (χ1n) is 8.09. The molecule has 3 heteroatoms. The van der Waals surface area contributed by atoms with Crippen molar-refractivity contribution in [2.24, 2.45) is 0 Å². The lowest BCUT2D eigenvalue weighted by atomic mass is 10.2. The highest BCUT2D eigenvalue weighted by Gasteiger charge is 2.28. The number of hydrogen-bond acceptors (Lipinski definition) is 3. The summed E-state index contributed by atoms with van der Waals surface area (Å²) in [6.07, 6.45) is 4.14. The minimum atomic E-state index is 0.830. The molecule has 110 valence electrons. The van der Waals surface area contributed by atoms with Gasteiger partial charge >= 0.3 is 0 Å². The van der Waals surface area contributed by atoms with Crippen LogP contribution in [0, 0.1) is 6.92 Å². The first kappa shape index (κ1) is 13.9. The molecule has 2 saturated heterocycles. The van der Waals surface area contributed by atoms with Gasteiger partial charge in [0.1, 0.15) is 0 Å². The lowest BCUT2D eigenvalue weighted by molar-refractivity contribution is 0.224.